The van der Waals surface area contributed by atoms with E-state index in [9.17, 15) is 10.1 Å². The molecule has 4 rings (SSSR count). The Labute approximate surface area is 182 Å². The number of methoxy groups -OCH3 is 1. The van der Waals surface area contributed by atoms with Crippen molar-refractivity contribution < 1.29 is 13.9 Å². The normalized spacial score (nSPS) is 13.2. The molecule has 30 heavy (non-hydrogen) atoms. The first-order chi connectivity index (χ1) is 14.7. The number of benzene rings is 1. The van der Waals surface area contributed by atoms with Gasteiger partial charge in [-0.25, -0.2) is 0 Å². The zero-order valence-corrected chi connectivity index (χ0v) is 18.1. The number of nitriles is 1. The van der Waals surface area contributed by atoms with Crippen LogP contribution < -0.4 is 10.1 Å². The van der Waals surface area contributed by atoms with E-state index < -0.39 is 0 Å². The predicted molar refractivity (Wildman–Crippen MR) is 116 cm³/mol. The van der Waals surface area contributed by atoms with E-state index in [0.29, 0.717) is 33.0 Å². The molecule has 0 bridgehead atoms. The second-order valence-electron chi connectivity index (χ2n) is 6.79. The predicted octanol–water partition coefficient (Wildman–Crippen LogP) is 4.68. The van der Waals surface area contributed by atoms with E-state index in [-0.39, 0.29) is 11.7 Å². The first kappa shape index (κ1) is 20.4. The minimum absolute atomic E-state index is 0.112. The molecule has 2 heterocycles. The number of thiophene rings is 1. The van der Waals surface area contributed by atoms with Gasteiger partial charge in [0.25, 0.3) is 11.1 Å². The van der Waals surface area contributed by atoms with Crippen molar-refractivity contribution in [1.82, 2.24) is 10.2 Å². The SMILES string of the molecule is COc1ccccc1-c1nnc(SCC(=O)Nc2sc3c(c2C#N)CCCCC3)o1. The highest BCUT2D eigenvalue weighted by Gasteiger charge is 2.21. The van der Waals surface area contributed by atoms with Gasteiger partial charge in [-0.05, 0) is 43.4 Å². The molecule has 0 unspecified atom stereocenters. The summed E-state index contributed by atoms with van der Waals surface area (Å²) in [5.41, 5.74) is 2.43. The molecule has 0 saturated heterocycles. The van der Waals surface area contributed by atoms with Crippen molar-refractivity contribution in [1.29, 1.82) is 5.26 Å². The number of nitrogens with one attached hydrogen (secondary N) is 1. The van der Waals surface area contributed by atoms with Crippen LogP contribution in [0.25, 0.3) is 11.5 Å². The number of hydrogen-bond acceptors (Lipinski definition) is 8. The highest BCUT2D eigenvalue weighted by atomic mass is 32.2. The third kappa shape index (κ3) is 4.35. The fourth-order valence-corrected chi connectivity index (χ4v) is 5.26. The lowest BCUT2D eigenvalue weighted by Gasteiger charge is -2.03. The van der Waals surface area contributed by atoms with E-state index in [1.807, 2.05) is 24.3 Å². The van der Waals surface area contributed by atoms with Crippen molar-refractivity contribution in [3.05, 3.63) is 40.3 Å². The smallest absolute Gasteiger partial charge is 0.277 e. The van der Waals surface area contributed by atoms with Gasteiger partial charge < -0.3 is 14.5 Å². The summed E-state index contributed by atoms with van der Waals surface area (Å²) in [6, 6.07) is 9.64. The Kier molecular flexibility index (Phi) is 6.35. The van der Waals surface area contributed by atoms with Crippen LogP contribution in [0, 0.1) is 11.3 Å². The van der Waals surface area contributed by atoms with Crippen molar-refractivity contribution >= 4 is 34.0 Å². The molecule has 0 radical (unpaired) electrons. The monoisotopic (exact) mass is 440 g/mol. The molecule has 9 heteroatoms. The summed E-state index contributed by atoms with van der Waals surface area (Å²) < 4.78 is 11.0. The third-order valence-electron chi connectivity index (χ3n) is 4.86. The fourth-order valence-electron chi connectivity index (χ4n) is 3.44. The van der Waals surface area contributed by atoms with Crippen LogP contribution in [0.2, 0.25) is 0 Å². The van der Waals surface area contributed by atoms with Gasteiger partial charge in [-0.15, -0.1) is 21.5 Å². The largest absolute Gasteiger partial charge is 0.496 e. The lowest BCUT2D eigenvalue weighted by molar-refractivity contribution is -0.113. The van der Waals surface area contributed by atoms with Gasteiger partial charge in [0, 0.05) is 4.88 Å². The summed E-state index contributed by atoms with van der Waals surface area (Å²) >= 11 is 2.68. The molecule has 0 aliphatic heterocycles. The number of carbonyl (C=O) groups is 1. The number of carbonyl (C=O) groups excluding carboxylic acids is 1. The van der Waals surface area contributed by atoms with Crippen LogP contribution in [0.5, 0.6) is 5.75 Å². The molecule has 1 N–H and O–H groups in total. The second-order valence-corrected chi connectivity index (χ2v) is 8.82. The van der Waals surface area contributed by atoms with E-state index in [4.69, 9.17) is 9.15 Å². The average molecular weight is 441 g/mol. The quantitative estimate of drug-likeness (QED) is 0.439. The highest BCUT2D eigenvalue weighted by molar-refractivity contribution is 7.99. The number of aromatic nitrogens is 2. The first-order valence-corrected chi connectivity index (χ1v) is 11.4. The summed E-state index contributed by atoms with van der Waals surface area (Å²) in [6.45, 7) is 0. The van der Waals surface area contributed by atoms with Crippen LogP contribution in [0.15, 0.2) is 33.9 Å². The van der Waals surface area contributed by atoms with E-state index in [1.165, 1.54) is 22.6 Å². The molecule has 0 atom stereocenters. The van der Waals surface area contributed by atoms with Gasteiger partial charge in [-0.2, -0.15) is 5.26 Å². The molecule has 0 fully saturated rings. The van der Waals surface area contributed by atoms with Crippen LogP contribution in [-0.2, 0) is 17.6 Å². The Bertz CT molecular complexity index is 1100. The fraction of sp³-hybridized carbons (Fsp3) is 0.333. The highest BCUT2D eigenvalue weighted by Crippen LogP contribution is 2.37. The molecule has 1 aliphatic rings. The van der Waals surface area contributed by atoms with E-state index in [2.05, 4.69) is 21.6 Å². The van der Waals surface area contributed by atoms with E-state index >= 15 is 0 Å². The molecule has 154 valence electrons. The maximum atomic E-state index is 12.5. The van der Waals surface area contributed by atoms with E-state index in [0.717, 1.165) is 43.0 Å². The van der Waals surface area contributed by atoms with Crippen LogP contribution in [0.4, 0.5) is 5.00 Å². The molecule has 1 aromatic carbocycles. The van der Waals surface area contributed by atoms with Gasteiger partial charge in [0.1, 0.15) is 16.8 Å². The van der Waals surface area contributed by atoms with Crippen molar-refractivity contribution in [3.63, 3.8) is 0 Å². The Morgan fingerprint density at radius 3 is 2.97 bits per heavy atom. The van der Waals surface area contributed by atoms with Crippen LogP contribution >= 0.6 is 23.1 Å². The summed E-state index contributed by atoms with van der Waals surface area (Å²) in [7, 11) is 1.58. The number of thioether (sulfide) groups is 1. The minimum Gasteiger partial charge on any atom is -0.496 e. The Balaban J connectivity index is 1.41. The first-order valence-electron chi connectivity index (χ1n) is 9.63. The van der Waals surface area contributed by atoms with Crippen molar-refractivity contribution in [2.45, 2.75) is 37.3 Å². The number of rotatable bonds is 6. The molecule has 0 saturated carbocycles. The number of hydrogen-bond donors (Lipinski definition) is 1. The molecular formula is C21H20N4O3S2. The van der Waals surface area contributed by atoms with Crippen LogP contribution in [0.3, 0.4) is 0 Å². The van der Waals surface area contributed by atoms with Crippen molar-refractivity contribution in [2.24, 2.45) is 0 Å². The molecular weight excluding hydrogens is 420 g/mol. The Morgan fingerprint density at radius 2 is 2.13 bits per heavy atom. The molecule has 1 amide bonds. The Morgan fingerprint density at radius 1 is 1.30 bits per heavy atom. The van der Waals surface area contributed by atoms with E-state index in [1.54, 1.807) is 7.11 Å². The molecule has 0 spiro atoms. The zero-order valence-electron chi connectivity index (χ0n) is 16.4. The summed E-state index contributed by atoms with van der Waals surface area (Å²) in [5, 5.41) is 21.5. The number of ether oxygens (including phenoxy) is 1. The van der Waals surface area contributed by atoms with Gasteiger partial charge in [-0.3, -0.25) is 4.79 Å². The van der Waals surface area contributed by atoms with Gasteiger partial charge in [0.15, 0.2) is 0 Å². The standard InChI is InChI=1S/C21H20N4O3S2/c1-27-16-9-6-5-8-14(16)19-24-25-21(28-19)29-12-18(26)23-20-15(11-22)13-7-3-2-4-10-17(13)30-20/h5-6,8-9H,2-4,7,10,12H2,1H3,(H,23,26). The minimum atomic E-state index is -0.204. The van der Waals surface area contributed by atoms with Gasteiger partial charge in [0.2, 0.25) is 5.91 Å². The summed E-state index contributed by atoms with van der Waals surface area (Å²) in [5.74, 6) is 0.882. The molecule has 1 aliphatic carbocycles. The van der Waals surface area contributed by atoms with Crippen LogP contribution in [-0.4, -0.2) is 29.0 Å². The van der Waals surface area contributed by atoms with Crippen molar-refractivity contribution in [3.8, 4) is 23.3 Å². The number of anilines is 1. The topological polar surface area (TPSA) is 101 Å². The van der Waals surface area contributed by atoms with Crippen molar-refractivity contribution in [2.75, 3.05) is 18.2 Å². The lowest BCUT2D eigenvalue weighted by Crippen LogP contribution is -2.14. The summed E-state index contributed by atoms with van der Waals surface area (Å²) in [6.07, 6.45) is 5.30. The number of amides is 1. The number of fused-ring (bicyclic) bond motifs is 1. The average Bonchev–Trinajstić information content (AvgIpc) is 3.29. The lowest BCUT2D eigenvalue weighted by atomic mass is 10.1. The van der Waals surface area contributed by atoms with Gasteiger partial charge in [0.05, 0.1) is 24.0 Å². The molecule has 7 nitrogen and oxygen atoms in total. The maximum Gasteiger partial charge on any atom is 0.277 e. The van der Waals surface area contributed by atoms with Gasteiger partial charge in [-0.1, -0.05) is 30.3 Å². The number of para-hydroxylation sites is 1. The maximum absolute atomic E-state index is 12.5. The van der Waals surface area contributed by atoms with Crippen LogP contribution in [0.1, 0.15) is 35.3 Å². The van der Waals surface area contributed by atoms with Gasteiger partial charge >= 0.3 is 0 Å². The summed E-state index contributed by atoms with van der Waals surface area (Å²) in [4.78, 5) is 13.7. The Hall–Kier alpha value is -2.83. The zero-order chi connectivity index (χ0) is 20.9. The third-order valence-corrected chi connectivity index (χ3v) is 6.88. The number of aryl methyl sites for hydroxylation is 1. The number of nitrogens with zero attached hydrogens (tertiary/aromatic N) is 3. The second kappa shape index (κ2) is 9.32. The molecule has 2 aromatic heterocycles. The molecule has 3 aromatic rings.